The highest BCUT2D eigenvalue weighted by molar-refractivity contribution is 5.74. The van der Waals surface area contributed by atoms with Crippen LogP contribution in [0.1, 0.15) is 34.1 Å². The van der Waals surface area contributed by atoms with Gasteiger partial charge in [-0.1, -0.05) is 13.8 Å². The fourth-order valence-electron chi connectivity index (χ4n) is 1.65. The van der Waals surface area contributed by atoms with Crippen LogP contribution in [-0.2, 0) is 14.3 Å². The number of aliphatic hydroxyl groups is 1. The molecule has 0 aromatic rings. The molecule has 3 atom stereocenters. The van der Waals surface area contributed by atoms with E-state index in [0.717, 1.165) is 0 Å². The Morgan fingerprint density at radius 3 is 2.47 bits per heavy atom. The predicted molar refractivity (Wildman–Crippen MR) is 55.1 cm³/mol. The van der Waals surface area contributed by atoms with Crippen LogP contribution in [-0.4, -0.2) is 29.6 Å². The molecule has 0 radical (unpaired) electrons. The van der Waals surface area contributed by atoms with Crippen molar-refractivity contribution in [1.29, 1.82) is 0 Å². The van der Waals surface area contributed by atoms with Gasteiger partial charge >= 0.3 is 5.97 Å². The van der Waals surface area contributed by atoms with Gasteiger partial charge in [-0.25, -0.2) is 0 Å². The van der Waals surface area contributed by atoms with Crippen molar-refractivity contribution in [3.63, 3.8) is 0 Å². The molecule has 15 heavy (non-hydrogen) atoms. The Labute approximate surface area is 90.6 Å². The molecule has 4 heteroatoms. The monoisotopic (exact) mass is 216 g/mol. The number of esters is 1. The maximum absolute atomic E-state index is 11.2. The lowest BCUT2D eigenvalue weighted by molar-refractivity contribution is -0.180. The predicted octanol–water partition coefficient (Wildman–Crippen LogP) is 1.32. The molecule has 0 aromatic heterocycles. The average molecular weight is 216 g/mol. The molecule has 1 heterocycles. The number of cyclic esters (lactones) is 1. The minimum Gasteiger partial charge on any atom is -0.462 e. The van der Waals surface area contributed by atoms with Crippen LogP contribution in [0.25, 0.3) is 0 Å². The zero-order chi connectivity index (χ0) is 11.6. The molecule has 1 rings (SSSR count). The van der Waals surface area contributed by atoms with Gasteiger partial charge < -0.3 is 14.6 Å². The zero-order valence-corrected chi connectivity index (χ0v) is 9.82. The van der Waals surface area contributed by atoms with Crippen molar-refractivity contribution in [3.8, 4) is 0 Å². The minimum absolute atomic E-state index is 0.0304. The fourth-order valence-corrected chi connectivity index (χ4v) is 1.65. The molecular formula is C11H20O4. The molecule has 1 fully saturated rings. The molecule has 0 aromatic carbocycles. The molecule has 4 nitrogen and oxygen atoms in total. The second-order valence-electron chi connectivity index (χ2n) is 4.71. The Morgan fingerprint density at radius 2 is 2.07 bits per heavy atom. The first kappa shape index (κ1) is 12.5. The maximum Gasteiger partial charge on any atom is 0.309 e. The van der Waals surface area contributed by atoms with Gasteiger partial charge in [0.05, 0.1) is 12.5 Å². The summed E-state index contributed by atoms with van der Waals surface area (Å²) in [6.07, 6.45) is 0.566. The van der Waals surface area contributed by atoms with E-state index in [-0.39, 0.29) is 23.9 Å². The first-order chi connectivity index (χ1) is 6.81. The highest BCUT2D eigenvalue weighted by Crippen LogP contribution is 2.29. The molecule has 0 aliphatic carbocycles. The lowest BCUT2D eigenvalue weighted by atomic mass is 9.93. The van der Waals surface area contributed by atoms with E-state index in [1.807, 2.05) is 13.8 Å². The molecule has 0 saturated carbocycles. The van der Waals surface area contributed by atoms with E-state index in [0.29, 0.717) is 13.0 Å². The summed E-state index contributed by atoms with van der Waals surface area (Å²) in [5, 5.41) is 9.33. The Kier molecular flexibility index (Phi) is 3.73. The highest BCUT2D eigenvalue weighted by atomic mass is 16.6. The fraction of sp³-hybridized carbons (Fsp3) is 0.909. The maximum atomic E-state index is 11.2. The van der Waals surface area contributed by atoms with E-state index >= 15 is 0 Å². The molecule has 3 unspecified atom stereocenters. The van der Waals surface area contributed by atoms with E-state index in [2.05, 4.69) is 0 Å². The first-order valence-electron chi connectivity index (χ1n) is 5.38. The van der Waals surface area contributed by atoms with Crippen LogP contribution in [0.3, 0.4) is 0 Å². The highest BCUT2D eigenvalue weighted by Gasteiger charge is 2.38. The molecule has 1 saturated heterocycles. The zero-order valence-electron chi connectivity index (χ0n) is 9.82. The van der Waals surface area contributed by atoms with Crippen LogP contribution < -0.4 is 0 Å². The third-order valence-corrected chi connectivity index (χ3v) is 2.87. The number of rotatable bonds is 4. The van der Waals surface area contributed by atoms with Gasteiger partial charge in [0.15, 0.2) is 5.79 Å². The van der Waals surface area contributed by atoms with E-state index < -0.39 is 5.79 Å². The third-order valence-electron chi connectivity index (χ3n) is 2.87. The summed E-state index contributed by atoms with van der Waals surface area (Å²) in [5.41, 5.74) is 0. The largest absolute Gasteiger partial charge is 0.462 e. The second-order valence-corrected chi connectivity index (χ2v) is 4.71. The van der Waals surface area contributed by atoms with Crippen molar-refractivity contribution >= 4 is 5.97 Å². The molecule has 0 spiro atoms. The van der Waals surface area contributed by atoms with Crippen molar-refractivity contribution in [2.24, 2.45) is 11.8 Å². The minimum atomic E-state index is -1.11. The van der Waals surface area contributed by atoms with Crippen LogP contribution in [0.5, 0.6) is 0 Å². The van der Waals surface area contributed by atoms with Crippen molar-refractivity contribution in [2.75, 3.05) is 6.61 Å². The molecule has 88 valence electrons. The van der Waals surface area contributed by atoms with Gasteiger partial charge in [-0.2, -0.15) is 0 Å². The quantitative estimate of drug-likeness (QED) is 0.569. The molecule has 0 amide bonds. The van der Waals surface area contributed by atoms with Crippen LogP contribution in [0.4, 0.5) is 0 Å². The van der Waals surface area contributed by atoms with Gasteiger partial charge in [-0.15, -0.1) is 0 Å². The number of carbonyl (C=O) groups is 1. The summed E-state index contributed by atoms with van der Waals surface area (Å²) in [6, 6.07) is 0. The molecule has 0 bridgehead atoms. The molecule has 1 N–H and O–H groups in total. The third kappa shape index (κ3) is 3.47. The van der Waals surface area contributed by atoms with Crippen LogP contribution in [0.2, 0.25) is 0 Å². The van der Waals surface area contributed by atoms with Crippen LogP contribution >= 0.6 is 0 Å². The smallest absolute Gasteiger partial charge is 0.309 e. The summed E-state index contributed by atoms with van der Waals surface area (Å²) in [7, 11) is 0. The van der Waals surface area contributed by atoms with Gasteiger partial charge in [-0.3, -0.25) is 4.79 Å². The van der Waals surface area contributed by atoms with Crippen molar-refractivity contribution in [3.05, 3.63) is 0 Å². The average Bonchev–Trinajstić information content (AvgIpc) is 2.32. The van der Waals surface area contributed by atoms with E-state index in [1.54, 1.807) is 13.8 Å². The normalized spacial score (nSPS) is 31.8. The Morgan fingerprint density at radius 1 is 1.47 bits per heavy atom. The summed E-state index contributed by atoms with van der Waals surface area (Å²) in [5.74, 6) is -1.05. The number of hydrogen-bond donors (Lipinski definition) is 1. The first-order valence-corrected chi connectivity index (χ1v) is 5.38. The molecule has 1 aliphatic rings. The number of hydrogen-bond acceptors (Lipinski definition) is 4. The lowest BCUT2D eigenvalue weighted by Gasteiger charge is -2.20. The van der Waals surface area contributed by atoms with Crippen LogP contribution in [0.15, 0.2) is 0 Å². The summed E-state index contributed by atoms with van der Waals surface area (Å²) in [6.45, 7) is 7.45. The number of carbonyl (C=O) groups excluding carboxylic acids is 1. The van der Waals surface area contributed by atoms with Gasteiger partial charge in [0, 0.05) is 12.3 Å². The van der Waals surface area contributed by atoms with E-state index in [4.69, 9.17) is 9.47 Å². The topological polar surface area (TPSA) is 55.8 Å². The van der Waals surface area contributed by atoms with Gasteiger partial charge in [0.2, 0.25) is 0 Å². The Balaban J connectivity index is 2.32. The molecular weight excluding hydrogens is 196 g/mol. The van der Waals surface area contributed by atoms with Gasteiger partial charge in [-0.05, 0) is 13.8 Å². The lowest BCUT2D eigenvalue weighted by Crippen LogP contribution is -2.26. The van der Waals surface area contributed by atoms with Crippen LogP contribution in [0, 0.1) is 11.8 Å². The SMILES string of the molecule is CC1C(=O)OC(CCOC(C)(C)O)C1C. The Hall–Kier alpha value is -0.610. The second kappa shape index (κ2) is 4.49. The van der Waals surface area contributed by atoms with E-state index in [9.17, 15) is 9.90 Å². The van der Waals surface area contributed by atoms with Crippen molar-refractivity contribution < 1.29 is 19.4 Å². The van der Waals surface area contributed by atoms with E-state index in [1.165, 1.54) is 0 Å². The summed E-state index contributed by atoms with van der Waals surface area (Å²) >= 11 is 0. The summed E-state index contributed by atoms with van der Waals surface area (Å²) in [4.78, 5) is 11.2. The standard InChI is InChI=1S/C11H20O4/c1-7-8(2)10(12)15-9(7)5-6-14-11(3,4)13/h7-9,13H,5-6H2,1-4H3. The summed E-state index contributed by atoms with van der Waals surface area (Å²) < 4.78 is 10.4. The number of ether oxygens (including phenoxy) is 2. The molecule has 1 aliphatic heterocycles. The van der Waals surface area contributed by atoms with Crippen molar-refractivity contribution in [2.45, 2.75) is 46.0 Å². The van der Waals surface area contributed by atoms with Gasteiger partial charge in [0.1, 0.15) is 6.10 Å². The van der Waals surface area contributed by atoms with Gasteiger partial charge in [0.25, 0.3) is 0 Å². The Bertz CT molecular complexity index is 231. The van der Waals surface area contributed by atoms with Crippen molar-refractivity contribution in [1.82, 2.24) is 0 Å².